The van der Waals surface area contributed by atoms with Crippen molar-refractivity contribution in [3.05, 3.63) is 200 Å². The van der Waals surface area contributed by atoms with Crippen molar-refractivity contribution >= 4 is 27.6 Å². The minimum absolute atomic E-state index is 1.12. The minimum atomic E-state index is 1.12. The molecule has 9 aromatic rings. The Hall–Kier alpha value is -6.76. The van der Waals surface area contributed by atoms with E-state index in [-0.39, 0.29) is 0 Å². The summed E-state index contributed by atoms with van der Waals surface area (Å²) in [5.74, 6) is 0. The van der Waals surface area contributed by atoms with Crippen molar-refractivity contribution in [3.8, 4) is 77.9 Å². The molecule has 0 heteroatoms. The van der Waals surface area contributed by atoms with E-state index in [4.69, 9.17) is 0 Å². The first-order valence-electron chi connectivity index (χ1n) is 18.0. The van der Waals surface area contributed by atoms with Crippen LogP contribution >= 0.6 is 0 Å². The van der Waals surface area contributed by atoms with Crippen molar-refractivity contribution in [1.29, 1.82) is 0 Å². The predicted molar refractivity (Wildman–Crippen MR) is 223 cm³/mol. The highest BCUT2D eigenvalue weighted by Crippen LogP contribution is 2.58. The maximum atomic E-state index is 3.97. The Labute approximate surface area is 304 Å². The standard InChI is InChI=1S/C52H34/c1-2-34-20-22-39(23-21-34)42-32-33-47-50-43(42)18-11-19-46(50)51-48(40-28-24-37(25-29-40)35-12-5-3-6-13-35)44-16-9-10-17-45(44)49(52(47)51)41-30-26-38(27-31-41)36-14-7-4-8-15-36/h2-33H,1H2. The molecule has 0 amide bonds. The van der Waals surface area contributed by atoms with Crippen molar-refractivity contribution in [1.82, 2.24) is 0 Å². The zero-order valence-corrected chi connectivity index (χ0v) is 28.7. The first-order valence-corrected chi connectivity index (χ1v) is 18.0. The van der Waals surface area contributed by atoms with Crippen LogP contribution in [0.2, 0.25) is 0 Å². The highest BCUT2D eigenvalue weighted by Gasteiger charge is 2.31. The number of hydrogen-bond donors (Lipinski definition) is 0. The van der Waals surface area contributed by atoms with E-state index < -0.39 is 0 Å². The summed E-state index contributed by atoms with van der Waals surface area (Å²) in [5.41, 5.74) is 18.7. The molecule has 0 saturated heterocycles. The topological polar surface area (TPSA) is 0 Å². The van der Waals surface area contributed by atoms with Gasteiger partial charge in [0, 0.05) is 0 Å². The Morgan fingerprint density at radius 2 is 0.673 bits per heavy atom. The van der Waals surface area contributed by atoms with Crippen molar-refractivity contribution in [3.63, 3.8) is 0 Å². The van der Waals surface area contributed by atoms with Crippen molar-refractivity contribution in [2.24, 2.45) is 0 Å². The number of fused-ring (bicyclic) bond motifs is 4. The maximum absolute atomic E-state index is 3.97. The summed E-state index contributed by atoms with van der Waals surface area (Å²) < 4.78 is 0. The molecule has 52 heavy (non-hydrogen) atoms. The van der Waals surface area contributed by atoms with Crippen molar-refractivity contribution in [2.75, 3.05) is 0 Å². The highest BCUT2D eigenvalue weighted by molar-refractivity contribution is 6.28. The molecule has 0 aromatic heterocycles. The van der Waals surface area contributed by atoms with Gasteiger partial charge in [0.25, 0.3) is 0 Å². The normalized spacial score (nSPS) is 11.5. The second kappa shape index (κ2) is 12.2. The van der Waals surface area contributed by atoms with E-state index in [9.17, 15) is 0 Å². The van der Waals surface area contributed by atoms with Crippen LogP contribution in [0, 0.1) is 0 Å². The highest BCUT2D eigenvalue weighted by atomic mass is 14.3. The Morgan fingerprint density at radius 1 is 0.269 bits per heavy atom. The maximum Gasteiger partial charge on any atom is -0.000741 e. The van der Waals surface area contributed by atoms with Crippen LogP contribution in [0.5, 0.6) is 0 Å². The van der Waals surface area contributed by atoms with E-state index in [1.807, 2.05) is 6.08 Å². The quantitative estimate of drug-likeness (QED) is 0.167. The first-order chi connectivity index (χ1) is 25.8. The van der Waals surface area contributed by atoms with Gasteiger partial charge in [0.1, 0.15) is 0 Å². The number of benzene rings is 9. The van der Waals surface area contributed by atoms with Gasteiger partial charge in [0.15, 0.2) is 0 Å². The molecule has 0 N–H and O–H groups in total. The average molecular weight is 659 g/mol. The summed E-state index contributed by atoms with van der Waals surface area (Å²) in [6.45, 7) is 3.97. The fourth-order valence-corrected chi connectivity index (χ4v) is 8.37. The van der Waals surface area contributed by atoms with Crippen LogP contribution in [-0.2, 0) is 0 Å². The summed E-state index contributed by atoms with van der Waals surface area (Å²) in [6, 6.07) is 69.0. The van der Waals surface area contributed by atoms with Crippen LogP contribution in [0.1, 0.15) is 5.56 Å². The zero-order valence-electron chi connectivity index (χ0n) is 28.7. The van der Waals surface area contributed by atoms with E-state index >= 15 is 0 Å². The van der Waals surface area contributed by atoms with Gasteiger partial charge in [0.05, 0.1) is 0 Å². The monoisotopic (exact) mass is 658 g/mol. The Balaban J connectivity index is 1.26. The van der Waals surface area contributed by atoms with E-state index in [1.54, 1.807) is 0 Å². The van der Waals surface area contributed by atoms with Gasteiger partial charge < -0.3 is 0 Å². The largest absolute Gasteiger partial charge is 0.0985 e. The van der Waals surface area contributed by atoms with E-state index in [0.717, 1.165) is 5.56 Å². The SMILES string of the molecule is C=Cc1ccc(-c2ccc3c4c(cccc24)-c2c-3c(-c3ccc(-c4ccccc4)cc3)c3ccccc3c2-c2ccc(-c3ccccc3)cc2)cc1. The summed E-state index contributed by atoms with van der Waals surface area (Å²) in [5, 5.41) is 5.13. The lowest BCUT2D eigenvalue weighted by Crippen LogP contribution is -1.94. The molecule has 0 unspecified atom stereocenters. The molecule has 0 aliphatic heterocycles. The second-order valence-corrected chi connectivity index (χ2v) is 13.6. The molecule has 0 atom stereocenters. The van der Waals surface area contributed by atoms with Gasteiger partial charge in [-0.25, -0.2) is 0 Å². The van der Waals surface area contributed by atoms with Gasteiger partial charge in [-0.15, -0.1) is 0 Å². The third kappa shape index (κ3) is 4.77. The fraction of sp³-hybridized carbons (Fsp3) is 0. The zero-order chi connectivity index (χ0) is 34.6. The fourth-order valence-electron chi connectivity index (χ4n) is 8.37. The van der Waals surface area contributed by atoms with Gasteiger partial charge in [-0.1, -0.05) is 201 Å². The van der Waals surface area contributed by atoms with Gasteiger partial charge in [-0.3, -0.25) is 0 Å². The molecule has 0 bridgehead atoms. The molecule has 1 aliphatic carbocycles. The van der Waals surface area contributed by atoms with E-state index in [0.29, 0.717) is 0 Å². The number of rotatable bonds is 6. The Bertz CT molecular complexity index is 2650. The predicted octanol–water partition coefficient (Wildman–Crippen LogP) is 14.6. The molecule has 10 rings (SSSR count). The summed E-state index contributed by atoms with van der Waals surface area (Å²) in [6.07, 6.45) is 1.90. The second-order valence-electron chi connectivity index (χ2n) is 13.6. The molecular formula is C52H34. The minimum Gasteiger partial charge on any atom is -0.0985 e. The summed E-state index contributed by atoms with van der Waals surface area (Å²) in [7, 11) is 0. The van der Waals surface area contributed by atoms with Crippen LogP contribution in [0.3, 0.4) is 0 Å². The molecule has 0 nitrogen and oxygen atoms in total. The molecule has 242 valence electrons. The van der Waals surface area contributed by atoms with Crippen LogP contribution < -0.4 is 0 Å². The Kier molecular flexibility index (Phi) is 7.08. The van der Waals surface area contributed by atoms with Crippen molar-refractivity contribution in [2.45, 2.75) is 0 Å². The number of hydrogen-bond acceptors (Lipinski definition) is 0. The van der Waals surface area contributed by atoms with Crippen LogP contribution in [0.25, 0.3) is 106 Å². The van der Waals surface area contributed by atoms with Crippen molar-refractivity contribution < 1.29 is 0 Å². The smallest absolute Gasteiger partial charge is 0.000741 e. The van der Waals surface area contributed by atoms with Gasteiger partial charge in [-0.05, 0) is 105 Å². The van der Waals surface area contributed by atoms with Gasteiger partial charge in [0.2, 0.25) is 0 Å². The molecule has 0 fully saturated rings. The summed E-state index contributed by atoms with van der Waals surface area (Å²) >= 11 is 0. The van der Waals surface area contributed by atoms with Crippen LogP contribution in [0.4, 0.5) is 0 Å². The van der Waals surface area contributed by atoms with E-state index in [1.165, 1.54) is 99.4 Å². The van der Waals surface area contributed by atoms with Gasteiger partial charge in [-0.2, -0.15) is 0 Å². The molecular weight excluding hydrogens is 625 g/mol. The lowest BCUT2D eigenvalue weighted by atomic mass is 9.82. The Morgan fingerprint density at radius 3 is 1.19 bits per heavy atom. The van der Waals surface area contributed by atoms with Crippen LogP contribution in [-0.4, -0.2) is 0 Å². The molecule has 9 aromatic carbocycles. The van der Waals surface area contributed by atoms with Gasteiger partial charge >= 0.3 is 0 Å². The lowest BCUT2D eigenvalue weighted by Gasteiger charge is -2.21. The molecule has 0 spiro atoms. The summed E-state index contributed by atoms with van der Waals surface area (Å²) in [4.78, 5) is 0. The third-order valence-electron chi connectivity index (χ3n) is 10.8. The first kappa shape index (κ1) is 30.1. The molecule has 0 radical (unpaired) electrons. The lowest BCUT2D eigenvalue weighted by molar-refractivity contribution is 1.59. The molecule has 0 saturated carbocycles. The molecule has 0 heterocycles. The average Bonchev–Trinajstić information content (AvgIpc) is 3.55. The van der Waals surface area contributed by atoms with Crippen LogP contribution in [0.15, 0.2) is 195 Å². The molecule has 1 aliphatic rings. The van der Waals surface area contributed by atoms with E-state index in [2.05, 4.69) is 195 Å². The third-order valence-corrected chi connectivity index (χ3v) is 10.8.